The normalized spacial score (nSPS) is 18.8. The third-order valence-corrected chi connectivity index (χ3v) is 16.2. The molecular formula is C78H133NO8. The second-order valence-corrected chi connectivity index (χ2v) is 24.3. The van der Waals surface area contributed by atoms with Crippen molar-refractivity contribution in [1.29, 1.82) is 0 Å². The van der Waals surface area contributed by atoms with Crippen molar-refractivity contribution in [3.8, 4) is 0 Å². The Morgan fingerprint density at radius 1 is 0.402 bits per heavy atom. The van der Waals surface area contributed by atoms with Gasteiger partial charge in [-0.3, -0.25) is 4.79 Å². The van der Waals surface area contributed by atoms with Crippen molar-refractivity contribution >= 4 is 5.91 Å². The predicted octanol–water partition coefficient (Wildman–Crippen LogP) is 20.0. The molecule has 0 spiro atoms. The number of unbranched alkanes of at least 4 members (excludes halogenated alkanes) is 31. The number of nitrogens with one attached hydrogen (secondary N) is 1. The number of hydrogen-bond acceptors (Lipinski definition) is 8. The Labute approximate surface area is 534 Å². The molecule has 1 aliphatic rings. The van der Waals surface area contributed by atoms with Crippen LogP contribution in [0.25, 0.3) is 0 Å². The Kier molecular flexibility index (Phi) is 61.0. The maximum atomic E-state index is 13.1. The molecule has 0 aromatic carbocycles. The van der Waals surface area contributed by atoms with E-state index in [0.29, 0.717) is 6.42 Å². The molecule has 0 bridgehead atoms. The standard InChI is InChI=1S/C78H133NO8/c1-3-5-7-9-11-13-15-17-19-21-23-25-27-29-31-33-34-35-36-37-38-40-42-44-46-48-50-52-54-56-58-60-62-64-66-68-74(82)79-71(70-86-78-77(85)76(84)75(83)73(69-80)87-78)72(81)67-65-63-61-59-57-55-53-51-49-47-45-43-41-39-32-30-28-26-24-22-20-18-16-14-12-10-8-6-4-2/h5,7,11,13,17,19,23,25,29,31,34-35,37-38,42,44,48,50,57,59,65,67,71-73,75-78,80-81,83-85H,3-4,6,8-10,12,14-16,18,20-22,24,26-28,30,32-33,36,39-41,43,45-47,49,51-56,58,60-64,66,68-70H2,1-2H3,(H,79,82)/b7-5-,13-11-,19-17-,25-23-,31-29-,35-34-,38-37-,44-42-,50-48-,59-57+,67-65+. The van der Waals surface area contributed by atoms with Crippen LogP contribution in [0.2, 0.25) is 0 Å². The Morgan fingerprint density at radius 2 is 0.724 bits per heavy atom. The van der Waals surface area contributed by atoms with E-state index in [1.165, 1.54) is 167 Å². The number of ether oxygens (including phenoxy) is 2. The predicted molar refractivity (Wildman–Crippen MR) is 373 cm³/mol. The molecule has 498 valence electrons. The molecule has 0 aromatic rings. The van der Waals surface area contributed by atoms with E-state index in [9.17, 15) is 30.3 Å². The number of rotatable bonds is 61. The quantitative estimate of drug-likeness (QED) is 0.0261. The first kappa shape index (κ1) is 81.3. The molecule has 9 nitrogen and oxygen atoms in total. The molecule has 1 rings (SSSR count). The van der Waals surface area contributed by atoms with E-state index in [0.717, 1.165) is 109 Å². The molecule has 1 heterocycles. The number of hydrogen-bond donors (Lipinski definition) is 6. The maximum Gasteiger partial charge on any atom is 0.220 e. The summed E-state index contributed by atoms with van der Waals surface area (Å²) in [6.45, 7) is 3.66. The van der Waals surface area contributed by atoms with Gasteiger partial charge in [-0.15, -0.1) is 0 Å². The molecule has 87 heavy (non-hydrogen) atoms. The fourth-order valence-corrected chi connectivity index (χ4v) is 10.6. The number of amides is 1. The van der Waals surface area contributed by atoms with E-state index < -0.39 is 49.5 Å². The highest BCUT2D eigenvalue weighted by Gasteiger charge is 2.44. The monoisotopic (exact) mass is 1210 g/mol. The van der Waals surface area contributed by atoms with Gasteiger partial charge in [0.05, 0.1) is 25.4 Å². The molecule has 0 radical (unpaired) electrons. The summed E-state index contributed by atoms with van der Waals surface area (Å²) in [4.78, 5) is 13.1. The highest BCUT2D eigenvalue weighted by molar-refractivity contribution is 5.76. The first-order valence-corrected chi connectivity index (χ1v) is 35.9. The summed E-state index contributed by atoms with van der Waals surface area (Å²) in [6, 6.07) is -0.840. The van der Waals surface area contributed by atoms with Crippen LogP contribution in [0, 0.1) is 0 Å². The minimum Gasteiger partial charge on any atom is -0.394 e. The minimum absolute atomic E-state index is 0.201. The Bertz CT molecular complexity index is 1840. The maximum absolute atomic E-state index is 13.1. The van der Waals surface area contributed by atoms with Crippen molar-refractivity contribution < 1.29 is 39.8 Å². The van der Waals surface area contributed by atoms with Gasteiger partial charge in [-0.05, 0) is 103 Å². The van der Waals surface area contributed by atoms with Crippen LogP contribution < -0.4 is 5.32 Å². The van der Waals surface area contributed by atoms with Crippen molar-refractivity contribution in [1.82, 2.24) is 5.32 Å². The lowest BCUT2D eigenvalue weighted by molar-refractivity contribution is -0.302. The molecule has 0 saturated carbocycles. The minimum atomic E-state index is -1.58. The second kappa shape index (κ2) is 65.3. The largest absolute Gasteiger partial charge is 0.394 e. The third-order valence-electron chi connectivity index (χ3n) is 16.2. The number of allylic oxidation sites excluding steroid dienone is 21. The molecule has 1 saturated heterocycles. The van der Waals surface area contributed by atoms with Gasteiger partial charge < -0.3 is 40.3 Å². The summed E-state index contributed by atoms with van der Waals surface area (Å²) in [6.07, 6.45) is 92.7. The number of aliphatic hydroxyl groups is 5. The molecule has 9 heteroatoms. The molecule has 1 amide bonds. The van der Waals surface area contributed by atoms with Gasteiger partial charge in [0.2, 0.25) is 5.91 Å². The molecule has 7 unspecified atom stereocenters. The van der Waals surface area contributed by atoms with Crippen LogP contribution in [0.5, 0.6) is 0 Å². The topological polar surface area (TPSA) is 149 Å². The average molecular weight is 1210 g/mol. The number of carbonyl (C=O) groups is 1. The van der Waals surface area contributed by atoms with Gasteiger partial charge in [0, 0.05) is 6.42 Å². The van der Waals surface area contributed by atoms with Crippen LogP contribution in [0.1, 0.15) is 296 Å². The van der Waals surface area contributed by atoms with Gasteiger partial charge in [0.25, 0.3) is 0 Å². The van der Waals surface area contributed by atoms with Crippen molar-refractivity contribution in [2.45, 2.75) is 339 Å². The van der Waals surface area contributed by atoms with Gasteiger partial charge in [0.1, 0.15) is 24.4 Å². The van der Waals surface area contributed by atoms with E-state index in [2.05, 4.69) is 141 Å². The SMILES string of the molecule is CC/C=C\C/C=C\C/C=C\C/C=C\C/C=C\C/C=C\C/C=C\C/C=C\C/C=C\CCCCCCCCCC(=O)NC(COC1OC(CO)C(O)C(O)C1O)C(O)/C=C/CC/C=C/CCCCCCCCCCCCCCCCCCCCCCCCC. The van der Waals surface area contributed by atoms with Crippen molar-refractivity contribution in [3.05, 3.63) is 134 Å². The molecule has 7 atom stereocenters. The van der Waals surface area contributed by atoms with Crippen LogP contribution >= 0.6 is 0 Å². The summed E-state index contributed by atoms with van der Waals surface area (Å²) in [7, 11) is 0. The molecular weight excluding hydrogens is 1080 g/mol. The van der Waals surface area contributed by atoms with Crippen LogP contribution in [0.15, 0.2) is 134 Å². The fourth-order valence-electron chi connectivity index (χ4n) is 10.6. The van der Waals surface area contributed by atoms with Gasteiger partial charge in [-0.1, -0.05) is 321 Å². The lowest BCUT2D eigenvalue weighted by atomic mass is 9.99. The van der Waals surface area contributed by atoms with Gasteiger partial charge in [-0.25, -0.2) is 0 Å². The first-order chi connectivity index (χ1) is 42.8. The average Bonchev–Trinajstić information content (AvgIpc) is 3.47. The summed E-state index contributed by atoms with van der Waals surface area (Å²) >= 11 is 0. The number of aliphatic hydroxyl groups excluding tert-OH is 5. The third kappa shape index (κ3) is 53.8. The van der Waals surface area contributed by atoms with Gasteiger partial charge >= 0.3 is 0 Å². The lowest BCUT2D eigenvalue weighted by Gasteiger charge is -2.40. The smallest absolute Gasteiger partial charge is 0.220 e. The zero-order valence-corrected chi connectivity index (χ0v) is 55.7. The Morgan fingerprint density at radius 3 is 1.10 bits per heavy atom. The first-order valence-electron chi connectivity index (χ1n) is 35.9. The Hall–Kier alpha value is -3.67. The van der Waals surface area contributed by atoms with Crippen LogP contribution in [0.3, 0.4) is 0 Å². The summed E-state index contributed by atoms with van der Waals surface area (Å²) in [5, 5.41) is 54.8. The van der Waals surface area contributed by atoms with Crippen LogP contribution in [-0.4, -0.2) is 87.5 Å². The van der Waals surface area contributed by atoms with E-state index in [1.54, 1.807) is 6.08 Å². The van der Waals surface area contributed by atoms with E-state index in [1.807, 2.05) is 6.08 Å². The van der Waals surface area contributed by atoms with Crippen LogP contribution in [-0.2, 0) is 14.3 Å². The van der Waals surface area contributed by atoms with Crippen molar-refractivity contribution in [2.75, 3.05) is 13.2 Å². The highest BCUT2D eigenvalue weighted by atomic mass is 16.7. The summed E-state index contributed by atoms with van der Waals surface area (Å²) < 4.78 is 11.3. The van der Waals surface area contributed by atoms with Gasteiger partial charge in [-0.2, -0.15) is 0 Å². The highest BCUT2D eigenvalue weighted by Crippen LogP contribution is 2.23. The molecule has 1 fully saturated rings. The summed E-state index contributed by atoms with van der Waals surface area (Å²) in [5.41, 5.74) is 0. The van der Waals surface area contributed by atoms with Gasteiger partial charge in [0.15, 0.2) is 6.29 Å². The Balaban J connectivity index is 2.19. The zero-order chi connectivity index (χ0) is 62.8. The van der Waals surface area contributed by atoms with E-state index >= 15 is 0 Å². The zero-order valence-electron chi connectivity index (χ0n) is 55.7. The summed E-state index contributed by atoms with van der Waals surface area (Å²) in [5.74, 6) is -0.201. The lowest BCUT2D eigenvalue weighted by Crippen LogP contribution is -2.60. The van der Waals surface area contributed by atoms with E-state index in [-0.39, 0.29) is 12.5 Å². The molecule has 1 aliphatic heterocycles. The van der Waals surface area contributed by atoms with Crippen LogP contribution in [0.4, 0.5) is 0 Å². The second-order valence-electron chi connectivity index (χ2n) is 24.3. The fraction of sp³-hybridized carbons (Fsp3) is 0.705. The molecule has 0 aromatic heterocycles. The molecule has 0 aliphatic carbocycles. The number of carbonyl (C=O) groups excluding carboxylic acids is 1. The molecule has 6 N–H and O–H groups in total. The van der Waals surface area contributed by atoms with Crippen molar-refractivity contribution in [2.24, 2.45) is 0 Å². The van der Waals surface area contributed by atoms with Crippen molar-refractivity contribution in [3.63, 3.8) is 0 Å². The van der Waals surface area contributed by atoms with E-state index in [4.69, 9.17) is 9.47 Å².